The van der Waals surface area contributed by atoms with E-state index in [0.29, 0.717) is 10.8 Å². The van der Waals surface area contributed by atoms with Crippen LogP contribution in [0.1, 0.15) is 53.4 Å². The van der Waals surface area contributed by atoms with Gasteiger partial charge in [-0.15, -0.1) is 0 Å². The molecule has 0 aliphatic heterocycles. The highest BCUT2D eigenvalue weighted by molar-refractivity contribution is 4.97. The van der Waals surface area contributed by atoms with Crippen LogP contribution < -0.4 is 0 Å². The van der Waals surface area contributed by atoms with Gasteiger partial charge in [-0.25, -0.2) is 0 Å². The lowest BCUT2D eigenvalue weighted by Gasteiger charge is -2.31. The summed E-state index contributed by atoms with van der Waals surface area (Å²) in [7, 11) is 0. The molecule has 0 amide bonds. The first-order valence-electron chi connectivity index (χ1n) is 4.78. The van der Waals surface area contributed by atoms with Crippen LogP contribution in [-0.2, 0) is 0 Å². The zero-order valence-electron chi connectivity index (χ0n) is 8.41. The molecule has 0 aromatic rings. The zero-order valence-corrected chi connectivity index (χ0v) is 8.41. The molecule has 0 aromatic carbocycles. The topological polar surface area (TPSA) is 0 Å². The first-order valence-corrected chi connectivity index (χ1v) is 4.78. The predicted octanol–water partition coefficient (Wildman–Crippen LogP) is 3.82. The van der Waals surface area contributed by atoms with Crippen molar-refractivity contribution in [3.8, 4) is 0 Å². The fourth-order valence-electron chi connectivity index (χ4n) is 2.36. The van der Waals surface area contributed by atoms with Gasteiger partial charge in [0, 0.05) is 0 Å². The van der Waals surface area contributed by atoms with Crippen molar-refractivity contribution in [3.05, 3.63) is 6.42 Å². The molecule has 0 bridgehead atoms. The molecule has 0 aromatic heterocycles. The molecule has 1 rings (SSSR count). The second-order valence-electron chi connectivity index (χ2n) is 5.33. The molecule has 0 heterocycles. The van der Waals surface area contributed by atoms with Crippen molar-refractivity contribution in [3.63, 3.8) is 0 Å². The van der Waals surface area contributed by atoms with Gasteiger partial charge in [-0.2, -0.15) is 0 Å². The van der Waals surface area contributed by atoms with Crippen molar-refractivity contribution < 1.29 is 0 Å². The molecule has 0 nitrogen and oxygen atoms in total. The maximum atomic E-state index is 2.55. The third-order valence-electron chi connectivity index (χ3n) is 2.67. The summed E-state index contributed by atoms with van der Waals surface area (Å²) in [5.41, 5.74) is 0.944. The van der Waals surface area contributed by atoms with E-state index < -0.39 is 0 Å². The Kier molecular flexibility index (Phi) is 2.32. The van der Waals surface area contributed by atoms with Crippen LogP contribution in [-0.4, -0.2) is 0 Å². The minimum absolute atomic E-state index is 0.472. The Bertz CT molecular complexity index is 115. The largest absolute Gasteiger partial charge is 0.0596 e. The molecule has 11 heavy (non-hydrogen) atoms. The molecule has 1 aliphatic rings. The highest BCUT2D eigenvalue weighted by Gasteiger charge is 2.31. The summed E-state index contributed by atoms with van der Waals surface area (Å²) in [5.74, 6) is 0. The third-order valence-corrected chi connectivity index (χ3v) is 2.67. The Morgan fingerprint density at radius 3 is 1.55 bits per heavy atom. The quantitative estimate of drug-likeness (QED) is 0.464. The lowest BCUT2D eigenvalue weighted by molar-refractivity contribution is 0.310. The van der Waals surface area contributed by atoms with Crippen LogP contribution in [0.3, 0.4) is 0 Å². The summed E-state index contributed by atoms with van der Waals surface area (Å²) in [6, 6.07) is 0. The maximum absolute atomic E-state index is 2.55. The summed E-state index contributed by atoms with van der Waals surface area (Å²) in [6.45, 7) is 9.44. The molecule has 0 N–H and O–H groups in total. The molecule has 1 fully saturated rings. The van der Waals surface area contributed by atoms with Crippen LogP contribution >= 0.6 is 0 Å². The molecule has 1 saturated carbocycles. The van der Waals surface area contributed by atoms with Crippen LogP contribution in [0.2, 0.25) is 0 Å². The maximum Gasteiger partial charge on any atom is -0.0273 e. The van der Waals surface area contributed by atoms with Crippen molar-refractivity contribution in [1.82, 2.24) is 0 Å². The van der Waals surface area contributed by atoms with Gasteiger partial charge in [-0.3, -0.25) is 0 Å². The molecule has 0 spiro atoms. The van der Waals surface area contributed by atoms with Crippen molar-refractivity contribution in [2.45, 2.75) is 53.4 Å². The summed E-state index contributed by atoms with van der Waals surface area (Å²) in [4.78, 5) is 0. The van der Waals surface area contributed by atoms with Gasteiger partial charge in [-0.05, 0) is 30.1 Å². The van der Waals surface area contributed by atoms with Crippen LogP contribution in [0.4, 0.5) is 0 Å². The Hall–Kier alpha value is 0. The smallest absolute Gasteiger partial charge is 0.0273 e. The zero-order chi connectivity index (χ0) is 8.54. The van der Waals surface area contributed by atoms with E-state index in [9.17, 15) is 0 Å². The van der Waals surface area contributed by atoms with Crippen molar-refractivity contribution in [2.75, 3.05) is 0 Å². The highest BCUT2D eigenvalue weighted by atomic mass is 14.4. The average Bonchev–Trinajstić information content (AvgIpc) is 1.86. The minimum Gasteiger partial charge on any atom is -0.0596 e. The van der Waals surface area contributed by atoms with E-state index in [0.717, 1.165) is 0 Å². The Balaban J connectivity index is 2.62. The van der Waals surface area contributed by atoms with E-state index in [1.54, 1.807) is 0 Å². The monoisotopic (exact) mass is 153 g/mol. The molecule has 1 aliphatic carbocycles. The molecule has 0 atom stereocenters. The molecular weight excluding hydrogens is 132 g/mol. The van der Waals surface area contributed by atoms with Crippen molar-refractivity contribution in [1.29, 1.82) is 0 Å². The van der Waals surface area contributed by atoms with Crippen LogP contribution in [0.25, 0.3) is 0 Å². The third kappa shape index (κ3) is 2.84. The fourth-order valence-corrected chi connectivity index (χ4v) is 2.36. The molecule has 0 heteroatoms. The van der Waals surface area contributed by atoms with E-state index in [1.165, 1.54) is 25.7 Å². The summed E-state index contributed by atoms with van der Waals surface area (Å²) < 4.78 is 0. The number of hydrogen-bond acceptors (Lipinski definition) is 0. The fraction of sp³-hybridized carbons (Fsp3) is 0.909. The van der Waals surface area contributed by atoms with Gasteiger partial charge >= 0.3 is 0 Å². The Morgan fingerprint density at radius 2 is 1.18 bits per heavy atom. The first kappa shape index (κ1) is 9.09. The lowest BCUT2D eigenvalue weighted by atomic mass is 9.74. The van der Waals surface area contributed by atoms with Gasteiger partial charge in [0.2, 0.25) is 0 Å². The van der Waals surface area contributed by atoms with Crippen LogP contribution in [0.5, 0.6) is 0 Å². The molecule has 0 unspecified atom stereocenters. The second kappa shape index (κ2) is 2.80. The SMILES string of the molecule is CC1(C)[CH]C(C)(C)CCCC1. The van der Waals surface area contributed by atoms with Crippen molar-refractivity contribution in [2.24, 2.45) is 10.8 Å². The summed E-state index contributed by atoms with van der Waals surface area (Å²) in [6.07, 6.45) is 8.11. The lowest BCUT2D eigenvalue weighted by Crippen LogP contribution is -2.21. The second-order valence-corrected chi connectivity index (χ2v) is 5.33. The Labute approximate surface area is 71.4 Å². The van der Waals surface area contributed by atoms with E-state index in [4.69, 9.17) is 0 Å². The highest BCUT2D eigenvalue weighted by Crippen LogP contribution is 2.42. The average molecular weight is 153 g/mol. The van der Waals surface area contributed by atoms with Gasteiger partial charge in [0.05, 0.1) is 0 Å². The molecule has 0 saturated heterocycles. The van der Waals surface area contributed by atoms with Crippen molar-refractivity contribution >= 4 is 0 Å². The van der Waals surface area contributed by atoms with Gasteiger partial charge in [-0.1, -0.05) is 40.5 Å². The first-order chi connectivity index (χ1) is 4.91. The van der Waals surface area contributed by atoms with Gasteiger partial charge in [0.1, 0.15) is 0 Å². The number of rotatable bonds is 0. The van der Waals surface area contributed by atoms with Gasteiger partial charge in [0.25, 0.3) is 0 Å². The van der Waals surface area contributed by atoms with Crippen LogP contribution in [0, 0.1) is 17.3 Å². The van der Waals surface area contributed by atoms with E-state index in [-0.39, 0.29) is 0 Å². The van der Waals surface area contributed by atoms with Gasteiger partial charge in [0.15, 0.2) is 0 Å². The van der Waals surface area contributed by atoms with E-state index in [2.05, 4.69) is 34.1 Å². The predicted molar refractivity (Wildman–Crippen MR) is 50.3 cm³/mol. The normalized spacial score (nSPS) is 29.5. The van der Waals surface area contributed by atoms with E-state index >= 15 is 0 Å². The molecule has 65 valence electrons. The minimum atomic E-state index is 0.472. The number of hydrogen-bond donors (Lipinski definition) is 0. The van der Waals surface area contributed by atoms with Gasteiger partial charge < -0.3 is 0 Å². The van der Waals surface area contributed by atoms with Crippen LogP contribution in [0.15, 0.2) is 0 Å². The summed E-state index contributed by atoms with van der Waals surface area (Å²) >= 11 is 0. The standard InChI is InChI=1S/C11H21/c1-10(2)7-5-6-8-11(3,4)9-10/h9H,5-8H2,1-4H3. The molecular formula is C11H21. The van der Waals surface area contributed by atoms with E-state index in [1.807, 2.05) is 0 Å². The Morgan fingerprint density at radius 1 is 0.818 bits per heavy atom. The summed E-state index contributed by atoms with van der Waals surface area (Å²) in [5, 5.41) is 0. The molecule has 1 radical (unpaired) electrons.